The molecule has 1 amide bonds. The van der Waals surface area contributed by atoms with Gasteiger partial charge in [0, 0.05) is 10.8 Å². The minimum absolute atomic E-state index is 0.0735. The van der Waals surface area contributed by atoms with Crippen LogP contribution in [0.4, 0.5) is 5.69 Å². The van der Waals surface area contributed by atoms with Crippen LogP contribution in [-0.4, -0.2) is 23.2 Å². The molecule has 0 saturated heterocycles. The van der Waals surface area contributed by atoms with Crippen LogP contribution >= 0.6 is 11.3 Å². The highest BCUT2D eigenvalue weighted by Gasteiger charge is 2.30. The third-order valence-electron chi connectivity index (χ3n) is 5.00. The Morgan fingerprint density at radius 2 is 2.27 bits per heavy atom. The van der Waals surface area contributed by atoms with E-state index in [1.807, 2.05) is 12.1 Å². The maximum atomic E-state index is 12.2. The van der Waals surface area contributed by atoms with Gasteiger partial charge < -0.3 is 10.1 Å². The van der Waals surface area contributed by atoms with Crippen molar-refractivity contribution in [2.45, 2.75) is 25.7 Å². The van der Waals surface area contributed by atoms with Crippen molar-refractivity contribution in [3.8, 4) is 16.3 Å². The van der Waals surface area contributed by atoms with E-state index in [-0.39, 0.29) is 11.8 Å². The number of aryl methyl sites for hydroxylation is 1. The Morgan fingerprint density at radius 3 is 3.04 bits per heavy atom. The van der Waals surface area contributed by atoms with Crippen molar-refractivity contribution >= 4 is 39.9 Å². The van der Waals surface area contributed by atoms with E-state index in [4.69, 9.17) is 4.74 Å². The molecule has 0 unspecified atom stereocenters. The van der Waals surface area contributed by atoms with Crippen molar-refractivity contribution in [2.75, 3.05) is 12.4 Å². The van der Waals surface area contributed by atoms with Crippen LogP contribution in [0.1, 0.15) is 29.7 Å². The van der Waals surface area contributed by atoms with Gasteiger partial charge >= 0.3 is 0 Å². The van der Waals surface area contributed by atoms with Gasteiger partial charge in [-0.05, 0) is 49.4 Å². The Balaban J connectivity index is 1.62. The number of hydrogen-bond donors (Lipinski definition) is 2. The molecule has 132 valence electrons. The number of amides is 1. The average molecular weight is 365 g/mol. The summed E-state index contributed by atoms with van der Waals surface area (Å²) in [4.78, 5) is 14.7. The second-order valence-corrected chi connectivity index (χ2v) is 7.97. The quantitative estimate of drug-likeness (QED) is 0.710. The Morgan fingerprint density at radius 1 is 1.38 bits per heavy atom. The normalized spacial score (nSPS) is 15.9. The molecule has 1 fully saturated rings. The lowest BCUT2D eigenvalue weighted by Crippen LogP contribution is -2.14. The molecule has 5 rings (SSSR count). The fourth-order valence-corrected chi connectivity index (χ4v) is 4.63. The molecule has 1 saturated carbocycles. The molecule has 0 radical (unpaired) electrons. The van der Waals surface area contributed by atoms with Crippen molar-refractivity contribution in [3.05, 3.63) is 34.7 Å². The number of H-pyrrole nitrogens is 1. The lowest BCUT2D eigenvalue weighted by atomic mass is 10.1. The number of ether oxygens (including phenoxy) is 1. The van der Waals surface area contributed by atoms with Crippen molar-refractivity contribution < 1.29 is 9.53 Å². The molecule has 0 bridgehead atoms. The zero-order valence-electron chi connectivity index (χ0n) is 14.5. The average Bonchev–Trinajstić information content (AvgIpc) is 3.28. The van der Waals surface area contributed by atoms with E-state index in [9.17, 15) is 4.79 Å². The van der Waals surface area contributed by atoms with Crippen LogP contribution in [-0.2, 0) is 11.2 Å². The molecule has 26 heavy (non-hydrogen) atoms. The summed E-state index contributed by atoms with van der Waals surface area (Å²) in [6, 6.07) is 6.02. The topological polar surface area (TPSA) is 67.0 Å². The van der Waals surface area contributed by atoms with Gasteiger partial charge in [-0.1, -0.05) is 12.2 Å². The van der Waals surface area contributed by atoms with Gasteiger partial charge in [0.25, 0.3) is 0 Å². The van der Waals surface area contributed by atoms with Crippen molar-refractivity contribution in [2.24, 2.45) is 5.92 Å². The number of hydrogen-bond acceptors (Lipinski definition) is 4. The summed E-state index contributed by atoms with van der Waals surface area (Å²) in [7, 11) is 1.64. The third-order valence-corrected chi connectivity index (χ3v) is 6.22. The number of rotatable bonds is 4. The van der Waals surface area contributed by atoms with E-state index < -0.39 is 0 Å². The van der Waals surface area contributed by atoms with Gasteiger partial charge in [-0.25, -0.2) is 0 Å². The van der Waals surface area contributed by atoms with E-state index in [1.54, 1.807) is 18.4 Å². The second-order valence-electron chi connectivity index (χ2n) is 6.83. The maximum absolute atomic E-state index is 12.2. The van der Waals surface area contributed by atoms with E-state index in [1.165, 1.54) is 10.4 Å². The van der Waals surface area contributed by atoms with E-state index in [0.717, 1.165) is 47.2 Å². The number of thiophene rings is 1. The van der Waals surface area contributed by atoms with Crippen LogP contribution in [0, 0.1) is 5.92 Å². The van der Waals surface area contributed by atoms with E-state index in [0.29, 0.717) is 11.4 Å². The van der Waals surface area contributed by atoms with Crippen LogP contribution in [0.15, 0.2) is 24.3 Å². The number of carbonyl (C=O) groups excluding carboxylic acids is 1. The maximum Gasteiger partial charge on any atom is 0.227 e. The highest BCUT2D eigenvalue weighted by molar-refractivity contribution is 7.15. The smallest absolute Gasteiger partial charge is 0.227 e. The molecule has 5 nitrogen and oxygen atoms in total. The van der Waals surface area contributed by atoms with Crippen LogP contribution in [0.3, 0.4) is 0 Å². The Hall–Kier alpha value is -2.60. The molecule has 2 aliphatic rings. The summed E-state index contributed by atoms with van der Waals surface area (Å²) in [6.07, 6.45) is 8.52. The molecule has 0 aliphatic heterocycles. The van der Waals surface area contributed by atoms with Crippen LogP contribution in [0.2, 0.25) is 0 Å². The predicted octanol–water partition coefficient (Wildman–Crippen LogP) is 4.61. The Labute approximate surface area is 155 Å². The number of fused-ring (bicyclic) bond motifs is 2. The lowest BCUT2D eigenvalue weighted by molar-refractivity contribution is -0.117. The minimum atomic E-state index is 0.0735. The first-order valence-corrected chi connectivity index (χ1v) is 9.72. The van der Waals surface area contributed by atoms with Crippen LogP contribution < -0.4 is 10.1 Å². The fourth-order valence-electron chi connectivity index (χ4n) is 3.47. The molecule has 1 aromatic carbocycles. The summed E-state index contributed by atoms with van der Waals surface area (Å²) < 4.78 is 5.70. The highest BCUT2D eigenvalue weighted by atomic mass is 32.1. The van der Waals surface area contributed by atoms with E-state index >= 15 is 0 Å². The number of nitrogens with zero attached hydrogens (tertiary/aromatic N) is 1. The van der Waals surface area contributed by atoms with Crippen molar-refractivity contribution in [1.82, 2.24) is 10.2 Å². The molecule has 0 spiro atoms. The van der Waals surface area contributed by atoms with Gasteiger partial charge in [-0.15, -0.1) is 11.3 Å². The first kappa shape index (κ1) is 15.6. The summed E-state index contributed by atoms with van der Waals surface area (Å²) in [5.41, 5.74) is 3.78. The van der Waals surface area contributed by atoms with Gasteiger partial charge in [0.15, 0.2) is 5.75 Å². The van der Waals surface area contributed by atoms with E-state index in [2.05, 4.69) is 33.7 Å². The molecule has 3 aromatic rings. The molecule has 2 aromatic heterocycles. The molecule has 2 aliphatic carbocycles. The Bertz CT molecular complexity index is 1040. The summed E-state index contributed by atoms with van der Waals surface area (Å²) in [6.45, 7) is 0. The lowest BCUT2D eigenvalue weighted by Gasteiger charge is -2.11. The zero-order valence-corrected chi connectivity index (χ0v) is 15.3. The minimum Gasteiger partial charge on any atom is -0.494 e. The summed E-state index contributed by atoms with van der Waals surface area (Å²) >= 11 is 1.79. The Kier molecular flexibility index (Phi) is 3.60. The van der Waals surface area contributed by atoms with Gasteiger partial charge in [-0.2, -0.15) is 5.10 Å². The first-order valence-electron chi connectivity index (χ1n) is 8.90. The van der Waals surface area contributed by atoms with Gasteiger partial charge in [0.2, 0.25) is 5.91 Å². The van der Waals surface area contributed by atoms with Gasteiger partial charge in [0.05, 0.1) is 28.6 Å². The molecule has 6 heteroatoms. The van der Waals surface area contributed by atoms with Crippen LogP contribution in [0.25, 0.3) is 27.6 Å². The number of methoxy groups -OCH3 is 1. The number of benzene rings is 1. The molecule has 0 atom stereocenters. The third kappa shape index (κ3) is 2.52. The summed E-state index contributed by atoms with van der Waals surface area (Å²) in [5, 5.41) is 11.6. The number of anilines is 1. The molecule has 2 heterocycles. The first-order chi connectivity index (χ1) is 12.7. The fraction of sp³-hybridized carbons (Fsp3) is 0.300. The van der Waals surface area contributed by atoms with Crippen molar-refractivity contribution in [3.63, 3.8) is 0 Å². The number of aromatic nitrogens is 2. The highest BCUT2D eigenvalue weighted by Crippen LogP contribution is 2.43. The molecular weight excluding hydrogens is 346 g/mol. The van der Waals surface area contributed by atoms with Crippen molar-refractivity contribution in [1.29, 1.82) is 0 Å². The largest absolute Gasteiger partial charge is 0.494 e. The summed E-state index contributed by atoms with van der Waals surface area (Å²) in [5.74, 6) is 0.890. The van der Waals surface area contributed by atoms with Gasteiger partial charge in [0.1, 0.15) is 5.69 Å². The number of nitrogens with one attached hydrogen (secondary N) is 2. The van der Waals surface area contributed by atoms with Crippen LogP contribution in [0.5, 0.6) is 5.75 Å². The standard InChI is InChI=1S/C20H19N3O2S/c1-25-19-14(21-20(24)11-6-7-11)9-8-13-17(19)18(23-22-13)16-10-12-4-2-3-5-15(12)26-16/h2,4,8-11H,3,5-7H2,1H3,(H,21,24)(H,22,23). The SMILES string of the molecule is COc1c(NC(=O)C2CC2)ccc2[nH]nc(-c3cc4c(s3)CCC=C4)c12. The monoisotopic (exact) mass is 365 g/mol. The predicted molar refractivity (Wildman–Crippen MR) is 105 cm³/mol. The number of carbonyl (C=O) groups is 1. The molecular formula is C20H19N3O2S. The second kappa shape index (κ2) is 5.99. The molecule has 2 N–H and O–H groups in total. The number of aromatic amines is 1. The zero-order chi connectivity index (χ0) is 17.7. The number of allylic oxidation sites excluding steroid dienone is 1. The van der Waals surface area contributed by atoms with Gasteiger partial charge in [-0.3, -0.25) is 9.89 Å².